The molecule has 1 rings (SSSR count). The number of likely N-dealkylation sites (N-methyl/N-ethyl adjacent to an activating group) is 2. The van der Waals surface area contributed by atoms with Gasteiger partial charge in [0.15, 0.2) is 5.83 Å². The van der Waals surface area contributed by atoms with E-state index in [1.165, 1.54) is 6.08 Å². The summed E-state index contributed by atoms with van der Waals surface area (Å²) in [5, 5.41) is 0. The quantitative estimate of drug-likeness (QED) is 0.678. The maximum absolute atomic E-state index is 13.6. The zero-order valence-electron chi connectivity index (χ0n) is 11.1. The minimum absolute atomic E-state index is 0.286. The van der Waals surface area contributed by atoms with E-state index in [0.717, 1.165) is 6.54 Å². The van der Waals surface area contributed by atoms with E-state index < -0.39 is 11.7 Å². The molecule has 98 valence electrons. The molecule has 0 bridgehead atoms. The Bertz CT molecular complexity index is 304. The summed E-state index contributed by atoms with van der Waals surface area (Å²) in [5.41, 5.74) is 0. The van der Waals surface area contributed by atoms with Crippen LogP contribution in [0, 0.1) is 0 Å². The number of hydrogen-bond donors (Lipinski definition) is 0. The summed E-state index contributed by atoms with van der Waals surface area (Å²) >= 11 is 0. The topological polar surface area (TPSA) is 26.8 Å². The van der Waals surface area contributed by atoms with Gasteiger partial charge < -0.3 is 14.7 Å². The minimum atomic E-state index is -0.643. The van der Waals surface area contributed by atoms with Crippen molar-refractivity contribution in [1.82, 2.24) is 14.7 Å². The second kappa shape index (κ2) is 6.12. The van der Waals surface area contributed by atoms with E-state index >= 15 is 0 Å². The maximum atomic E-state index is 13.6. The van der Waals surface area contributed by atoms with Gasteiger partial charge in [0.25, 0.3) is 5.91 Å². The van der Waals surface area contributed by atoms with Crippen molar-refractivity contribution in [3.63, 3.8) is 0 Å². The summed E-state index contributed by atoms with van der Waals surface area (Å²) in [6.45, 7) is 4.48. The van der Waals surface area contributed by atoms with E-state index in [-0.39, 0.29) is 6.04 Å². The smallest absolute Gasteiger partial charge is 0.282 e. The molecular formula is C12H22FN3O. The highest BCUT2D eigenvalue weighted by Crippen LogP contribution is 2.11. The summed E-state index contributed by atoms with van der Waals surface area (Å²) < 4.78 is 13.6. The molecule has 1 amide bonds. The third-order valence-electron chi connectivity index (χ3n) is 3.09. The first-order valence-electron chi connectivity index (χ1n) is 5.91. The Morgan fingerprint density at radius 1 is 1.47 bits per heavy atom. The van der Waals surface area contributed by atoms with E-state index in [1.807, 2.05) is 33.0 Å². The van der Waals surface area contributed by atoms with Crippen LogP contribution in [0.4, 0.5) is 4.39 Å². The number of rotatable bonds is 3. The summed E-state index contributed by atoms with van der Waals surface area (Å²) in [6, 6.07) is 0.286. The standard InChI is InChI=1S/C12H22FN3O/c1-10-9-16(8-7-15(10)4)12(17)11(13)5-6-14(2)3/h5,10H,6-9H2,1-4H3/b11-5-. The average Bonchev–Trinajstić information content (AvgIpc) is 2.28. The first-order valence-corrected chi connectivity index (χ1v) is 5.91. The van der Waals surface area contributed by atoms with Crippen molar-refractivity contribution in [1.29, 1.82) is 0 Å². The van der Waals surface area contributed by atoms with Gasteiger partial charge in [-0.05, 0) is 34.1 Å². The Balaban J connectivity index is 2.55. The fourth-order valence-electron chi connectivity index (χ4n) is 1.73. The molecular weight excluding hydrogens is 221 g/mol. The average molecular weight is 243 g/mol. The van der Waals surface area contributed by atoms with Crippen LogP contribution in [0.1, 0.15) is 6.92 Å². The lowest BCUT2D eigenvalue weighted by Crippen LogP contribution is -2.52. The number of nitrogens with zero attached hydrogens (tertiary/aromatic N) is 3. The van der Waals surface area contributed by atoms with Gasteiger partial charge in [0.2, 0.25) is 0 Å². The summed E-state index contributed by atoms with van der Waals surface area (Å²) in [6.07, 6.45) is 1.34. The number of hydrogen-bond acceptors (Lipinski definition) is 3. The number of carbonyl (C=O) groups excluding carboxylic acids is 1. The largest absolute Gasteiger partial charge is 0.334 e. The molecule has 0 aromatic heterocycles. The summed E-state index contributed by atoms with van der Waals surface area (Å²) in [7, 11) is 5.70. The van der Waals surface area contributed by atoms with Crippen molar-refractivity contribution in [3.8, 4) is 0 Å². The Hall–Kier alpha value is -0.940. The predicted molar refractivity (Wildman–Crippen MR) is 66.4 cm³/mol. The fourth-order valence-corrected chi connectivity index (χ4v) is 1.73. The zero-order chi connectivity index (χ0) is 13.0. The monoisotopic (exact) mass is 243 g/mol. The van der Waals surface area contributed by atoms with Crippen molar-refractivity contribution in [2.75, 3.05) is 47.3 Å². The molecule has 0 aromatic rings. The van der Waals surface area contributed by atoms with Gasteiger partial charge in [-0.2, -0.15) is 0 Å². The van der Waals surface area contributed by atoms with Gasteiger partial charge in [-0.25, -0.2) is 4.39 Å². The molecule has 0 aromatic carbocycles. The Labute approximate surface area is 103 Å². The van der Waals surface area contributed by atoms with Crippen molar-refractivity contribution >= 4 is 5.91 Å². The molecule has 0 N–H and O–H groups in total. The molecule has 1 heterocycles. The Morgan fingerprint density at radius 3 is 2.65 bits per heavy atom. The van der Waals surface area contributed by atoms with Crippen molar-refractivity contribution in [3.05, 3.63) is 11.9 Å². The second-order valence-electron chi connectivity index (χ2n) is 4.90. The highest BCUT2D eigenvalue weighted by molar-refractivity contribution is 5.91. The summed E-state index contributed by atoms with van der Waals surface area (Å²) in [4.78, 5) is 17.4. The third-order valence-corrected chi connectivity index (χ3v) is 3.09. The second-order valence-corrected chi connectivity index (χ2v) is 4.90. The van der Waals surface area contributed by atoms with Crippen LogP contribution in [0.5, 0.6) is 0 Å². The maximum Gasteiger partial charge on any atom is 0.282 e. The van der Waals surface area contributed by atoms with Crippen LogP contribution in [-0.4, -0.2) is 74.0 Å². The molecule has 1 aliphatic heterocycles. The molecule has 5 heteroatoms. The van der Waals surface area contributed by atoms with Gasteiger partial charge in [0, 0.05) is 32.2 Å². The van der Waals surface area contributed by atoms with Crippen LogP contribution < -0.4 is 0 Å². The molecule has 0 spiro atoms. The molecule has 4 nitrogen and oxygen atoms in total. The first kappa shape index (κ1) is 14.1. The number of amides is 1. The lowest BCUT2D eigenvalue weighted by Gasteiger charge is -2.37. The van der Waals surface area contributed by atoms with Crippen LogP contribution >= 0.6 is 0 Å². The normalized spacial score (nSPS) is 23.3. The van der Waals surface area contributed by atoms with Gasteiger partial charge >= 0.3 is 0 Å². The lowest BCUT2D eigenvalue weighted by atomic mass is 10.2. The summed E-state index contributed by atoms with van der Waals surface area (Å²) in [5.74, 6) is -1.12. The highest BCUT2D eigenvalue weighted by atomic mass is 19.1. The van der Waals surface area contributed by atoms with E-state index in [1.54, 1.807) is 4.90 Å². The SMILES string of the molecule is CC1CN(C(=O)/C(F)=C/CN(C)C)CCN1C. The fraction of sp³-hybridized carbons (Fsp3) is 0.750. The number of carbonyl (C=O) groups is 1. The van der Waals surface area contributed by atoms with Gasteiger partial charge in [-0.3, -0.25) is 4.79 Å². The molecule has 17 heavy (non-hydrogen) atoms. The molecule has 0 saturated carbocycles. The highest BCUT2D eigenvalue weighted by Gasteiger charge is 2.26. The van der Waals surface area contributed by atoms with Crippen LogP contribution in [0.25, 0.3) is 0 Å². The lowest BCUT2D eigenvalue weighted by molar-refractivity contribution is -0.131. The van der Waals surface area contributed by atoms with E-state index in [2.05, 4.69) is 4.90 Å². The minimum Gasteiger partial charge on any atom is -0.334 e. The molecule has 1 aliphatic rings. The van der Waals surface area contributed by atoms with Crippen LogP contribution in [0.2, 0.25) is 0 Å². The predicted octanol–water partition coefficient (Wildman–Crippen LogP) is 0.564. The van der Waals surface area contributed by atoms with Crippen LogP contribution in [-0.2, 0) is 4.79 Å². The van der Waals surface area contributed by atoms with Crippen molar-refractivity contribution in [2.45, 2.75) is 13.0 Å². The zero-order valence-corrected chi connectivity index (χ0v) is 11.1. The molecule has 1 saturated heterocycles. The number of halogens is 1. The van der Waals surface area contributed by atoms with Gasteiger partial charge in [0.1, 0.15) is 0 Å². The number of piperazine rings is 1. The molecule has 1 atom stereocenters. The van der Waals surface area contributed by atoms with Gasteiger partial charge in [0.05, 0.1) is 0 Å². The Kier molecular flexibility index (Phi) is 5.08. The Morgan fingerprint density at radius 2 is 2.12 bits per heavy atom. The van der Waals surface area contributed by atoms with Crippen molar-refractivity contribution < 1.29 is 9.18 Å². The van der Waals surface area contributed by atoms with E-state index in [0.29, 0.717) is 19.6 Å². The van der Waals surface area contributed by atoms with Gasteiger partial charge in [-0.15, -0.1) is 0 Å². The molecule has 0 aliphatic carbocycles. The van der Waals surface area contributed by atoms with E-state index in [4.69, 9.17) is 0 Å². The molecule has 1 fully saturated rings. The van der Waals surface area contributed by atoms with Crippen LogP contribution in [0.15, 0.2) is 11.9 Å². The molecule has 0 radical (unpaired) electrons. The third kappa shape index (κ3) is 4.09. The first-order chi connectivity index (χ1) is 7.91. The van der Waals surface area contributed by atoms with Gasteiger partial charge in [-0.1, -0.05) is 0 Å². The van der Waals surface area contributed by atoms with E-state index in [9.17, 15) is 9.18 Å². The van der Waals surface area contributed by atoms with Crippen LogP contribution in [0.3, 0.4) is 0 Å². The van der Waals surface area contributed by atoms with Crippen molar-refractivity contribution in [2.24, 2.45) is 0 Å². The molecule has 1 unspecified atom stereocenters.